The number of sulfonamides is 1. The first-order valence-electron chi connectivity index (χ1n) is 5.12. The second kappa shape index (κ2) is 4.21. The van der Waals surface area contributed by atoms with Crippen molar-refractivity contribution in [1.29, 1.82) is 0 Å². The van der Waals surface area contributed by atoms with E-state index in [1.807, 2.05) is 0 Å². The zero-order valence-corrected chi connectivity index (χ0v) is 10.6. The van der Waals surface area contributed by atoms with Crippen LogP contribution < -0.4 is 5.14 Å². The van der Waals surface area contributed by atoms with Crippen molar-refractivity contribution in [2.24, 2.45) is 5.14 Å². The first-order chi connectivity index (χ1) is 7.11. The number of amides is 1. The minimum absolute atomic E-state index is 0.371. The molecule has 16 heavy (non-hydrogen) atoms. The van der Waals surface area contributed by atoms with Gasteiger partial charge in [0.05, 0.1) is 0 Å². The molecule has 0 saturated carbocycles. The lowest BCUT2D eigenvalue weighted by molar-refractivity contribution is 0.0271. The van der Waals surface area contributed by atoms with Gasteiger partial charge in [-0.25, -0.2) is 18.4 Å². The minimum Gasteiger partial charge on any atom is -0.444 e. The summed E-state index contributed by atoms with van der Waals surface area (Å²) in [5.74, 6) is 0. The molecule has 0 radical (unpaired) electrons. The average Bonchev–Trinajstić information content (AvgIpc) is 2.45. The second-order valence-electron chi connectivity index (χ2n) is 4.86. The molecule has 1 heterocycles. The van der Waals surface area contributed by atoms with Crippen LogP contribution in [-0.2, 0) is 14.8 Å². The lowest BCUT2D eigenvalue weighted by Crippen LogP contribution is -2.45. The van der Waals surface area contributed by atoms with Gasteiger partial charge in [-0.1, -0.05) is 0 Å². The molecule has 1 amide bonds. The largest absolute Gasteiger partial charge is 0.444 e. The molecule has 7 heteroatoms. The SMILES string of the molecule is CC(C)(C)OC(=O)N1CCCC1S(N)(=O)=O. The topological polar surface area (TPSA) is 89.7 Å². The van der Waals surface area contributed by atoms with Crippen LogP contribution >= 0.6 is 0 Å². The van der Waals surface area contributed by atoms with Gasteiger partial charge in [0, 0.05) is 6.54 Å². The van der Waals surface area contributed by atoms with Crippen molar-refractivity contribution in [2.75, 3.05) is 6.54 Å². The summed E-state index contributed by atoms with van der Waals surface area (Å²) in [6, 6.07) is 0. The van der Waals surface area contributed by atoms with E-state index in [0.717, 1.165) is 0 Å². The Balaban J connectivity index is 2.77. The highest BCUT2D eigenvalue weighted by atomic mass is 32.2. The fourth-order valence-corrected chi connectivity index (χ4v) is 2.65. The van der Waals surface area contributed by atoms with Gasteiger partial charge in [0.25, 0.3) is 0 Å². The van der Waals surface area contributed by atoms with Crippen molar-refractivity contribution in [3.8, 4) is 0 Å². The number of nitrogens with zero attached hydrogens (tertiary/aromatic N) is 1. The van der Waals surface area contributed by atoms with Gasteiger partial charge in [-0.05, 0) is 33.6 Å². The summed E-state index contributed by atoms with van der Waals surface area (Å²) in [5.41, 5.74) is -0.636. The van der Waals surface area contributed by atoms with Crippen LogP contribution in [0.15, 0.2) is 0 Å². The van der Waals surface area contributed by atoms with E-state index in [-0.39, 0.29) is 0 Å². The number of hydrogen-bond donors (Lipinski definition) is 1. The van der Waals surface area contributed by atoms with Gasteiger partial charge in [0.1, 0.15) is 5.60 Å². The quantitative estimate of drug-likeness (QED) is 0.739. The molecule has 1 fully saturated rings. The fourth-order valence-electron chi connectivity index (χ4n) is 1.61. The van der Waals surface area contributed by atoms with E-state index >= 15 is 0 Å². The highest BCUT2D eigenvalue weighted by molar-refractivity contribution is 7.89. The molecule has 1 rings (SSSR count). The minimum atomic E-state index is -3.73. The molecule has 2 N–H and O–H groups in total. The van der Waals surface area contributed by atoms with Crippen molar-refractivity contribution in [3.63, 3.8) is 0 Å². The number of nitrogens with two attached hydrogens (primary N) is 1. The van der Waals surface area contributed by atoms with Gasteiger partial charge in [0.15, 0.2) is 5.37 Å². The van der Waals surface area contributed by atoms with Crippen molar-refractivity contribution < 1.29 is 17.9 Å². The third kappa shape index (κ3) is 3.34. The number of primary sulfonamides is 1. The fraction of sp³-hybridized carbons (Fsp3) is 0.889. The third-order valence-electron chi connectivity index (χ3n) is 2.20. The Kier molecular flexibility index (Phi) is 3.49. The Morgan fingerprint density at radius 1 is 1.44 bits per heavy atom. The standard InChI is InChI=1S/C9H18N2O4S/c1-9(2,3)15-8(12)11-6-4-5-7(11)16(10,13)14/h7H,4-6H2,1-3H3,(H2,10,13,14). The number of rotatable bonds is 1. The molecule has 1 saturated heterocycles. The molecule has 0 aromatic carbocycles. The number of likely N-dealkylation sites (tertiary alicyclic amines) is 1. The molecule has 1 unspecified atom stereocenters. The molecule has 6 nitrogen and oxygen atoms in total. The molecule has 1 aliphatic heterocycles. The molecule has 0 bridgehead atoms. The summed E-state index contributed by atoms with van der Waals surface area (Å²) in [6.45, 7) is 5.56. The summed E-state index contributed by atoms with van der Waals surface area (Å²) in [6.07, 6.45) is 0.377. The summed E-state index contributed by atoms with van der Waals surface area (Å²) < 4.78 is 27.6. The van der Waals surface area contributed by atoms with E-state index < -0.39 is 27.1 Å². The number of carbonyl (C=O) groups excluding carboxylic acids is 1. The maximum absolute atomic E-state index is 11.7. The lowest BCUT2D eigenvalue weighted by atomic mass is 10.2. The van der Waals surface area contributed by atoms with Crippen molar-refractivity contribution in [3.05, 3.63) is 0 Å². The van der Waals surface area contributed by atoms with Crippen LogP contribution in [0, 0.1) is 0 Å². The van der Waals surface area contributed by atoms with Gasteiger partial charge in [-0.3, -0.25) is 4.90 Å². The Bertz CT molecular complexity index is 371. The predicted octanol–water partition coefficient (Wildman–Crippen LogP) is 0.632. The molecule has 0 aromatic rings. The Labute approximate surface area is 95.8 Å². The molecular weight excluding hydrogens is 232 g/mol. The Morgan fingerprint density at radius 2 is 2.00 bits per heavy atom. The Hall–Kier alpha value is -0.820. The van der Waals surface area contributed by atoms with Gasteiger partial charge < -0.3 is 4.74 Å². The zero-order valence-electron chi connectivity index (χ0n) is 9.76. The van der Waals surface area contributed by atoms with Gasteiger partial charge in [0.2, 0.25) is 10.0 Å². The van der Waals surface area contributed by atoms with Crippen molar-refractivity contribution in [1.82, 2.24) is 4.90 Å². The second-order valence-corrected chi connectivity index (χ2v) is 6.58. The van der Waals surface area contributed by atoms with Crippen LogP contribution in [0.25, 0.3) is 0 Å². The van der Waals surface area contributed by atoms with Gasteiger partial charge in [-0.2, -0.15) is 0 Å². The van der Waals surface area contributed by atoms with Crippen LogP contribution in [0.2, 0.25) is 0 Å². The maximum Gasteiger partial charge on any atom is 0.411 e. The molecular formula is C9H18N2O4S. The molecule has 1 atom stereocenters. The highest BCUT2D eigenvalue weighted by Crippen LogP contribution is 2.22. The smallest absolute Gasteiger partial charge is 0.411 e. The maximum atomic E-state index is 11.7. The van der Waals surface area contributed by atoms with Crippen molar-refractivity contribution in [2.45, 2.75) is 44.6 Å². The molecule has 1 aliphatic rings. The first-order valence-corrected chi connectivity index (χ1v) is 6.73. The summed E-state index contributed by atoms with van der Waals surface area (Å²) in [4.78, 5) is 12.9. The lowest BCUT2D eigenvalue weighted by Gasteiger charge is -2.27. The van der Waals surface area contributed by atoms with E-state index in [1.54, 1.807) is 20.8 Å². The summed E-state index contributed by atoms with van der Waals surface area (Å²) in [7, 11) is -3.73. The monoisotopic (exact) mass is 250 g/mol. The van der Waals surface area contributed by atoms with Crippen LogP contribution in [0.3, 0.4) is 0 Å². The van der Waals surface area contributed by atoms with E-state index in [0.29, 0.717) is 19.4 Å². The Morgan fingerprint density at radius 3 is 2.44 bits per heavy atom. The molecule has 0 aromatic heterocycles. The number of hydrogen-bond acceptors (Lipinski definition) is 4. The normalized spacial score (nSPS) is 22.2. The molecule has 94 valence electrons. The molecule has 0 aliphatic carbocycles. The van der Waals surface area contributed by atoms with Gasteiger partial charge in [-0.15, -0.1) is 0 Å². The van der Waals surface area contributed by atoms with Crippen molar-refractivity contribution >= 4 is 16.1 Å². The highest BCUT2D eigenvalue weighted by Gasteiger charge is 2.38. The predicted molar refractivity (Wildman–Crippen MR) is 59.1 cm³/mol. The van der Waals surface area contributed by atoms with E-state index in [4.69, 9.17) is 9.88 Å². The molecule has 0 spiro atoms. The van der Waals surface area contributed by atoms with Gasteiger partial charge >= 0.3 is 6.09 Å². The summed E-state index contributed by atoms with van der Waals surface area (Å²) in [5, 5.41) is 4.11. The average molecular weight is 250 g/mol. The summed E-state index contributed by atoms with van der Waals surface area (Å²) >= 11 is 0. The van der Waals surface area contributed by atoms with Crippen LogP contribution in [0.5, 0.6) is 0 Å². The van der Waals surface area contributed by atoms with Crippen LogP contribution in [-0.4, -0.2) is 36.9 Å². The third-order valence-corrected chi connectivity index (χ3v) is 3.45. The van der Waals surface area contributed by atoms with Crippen LogP contribution in [0.1, 0.15) is 33.6 Å². The number of carbonyl (C=O) groups is 1. The van der Waals surface area contributed by atoms with Crippen LogP contribution in [0.4, 0.5) is 4.79 Å². The first kappa shape index (κ1) is 13.2. The van der Waals surface area contributed by atoms with E-state index in [1.165, 1.54) is 4.90 Å². The van der Waals surface area contributed by atoms with E-state index in [9.17, 15) is 13.2 Å². The number of ether oxygens (including phenoxy) is 1. The van der Waals surface area contributed by atoms with E-state index in [2.05, 4.69) is 0 Å². The zero-order chi connectivity index (χ0) is 12.6.